The van der Waals surface area contributed by atoms with Crippen LogP contribution in [0.2, 0.25) is 0 Å². The van der Waals surface area contributed by atoms with Gasteiger partial charge in [0, 0.05) is 30.8 Å². The molecule has 0 unspecified atom stereocenters. The molecule has 152 valence electrons. The maximum atomic E-state index is 12.7. The van der Waals surface area contributed by atoms with Crippen molar-refractivity contribution in [2.24, 2.45) is 5.92 Å². The van der Waals surface area contributed by atoms with E-state index in [0.717, 1.165) is 5.56 Å². The Morgan fingerprint density at radius 2 is 1.86 bits per heavy atom. The summed E-state index contributed by atoms with van der Waals surface area (Å²) in [6.07, 6.45) is 1.22. The molecule has 1 aliphatic heterocycles. The van der Waals surface area contributed by atoms with E-state index in [1.807, 2.05) is 11.8 Å². The number of ether oxygens (including phenoxy) is 1. The van der Waals surface area contributed by atoms with Gasteiger partial charge >= 0.3 is 5.97 Å². The van der Waals surface area contributed by atoms with E-state index in [9.17, 15) is 19.7 Å². The maximum absolute atomic E-state index is 12.7. The van der Waals surface area contributed by atoms with Gasteiger partial charge in [-0.2, -0.15) is 0 Å². The molecule has 8 nitrogen and oxygen atoms in total. The number of piperidine rings is 1. The molecule has 0 aliphatic carbocycles. The standard InChI is InChI=1S/C21H23N3O5/c1-14-13-16(21(26)29-2)7-8-17(14)22-20(25)15-9-11-23(12-10-15)18-5-3-4-6-19(18)24(27)28/h3-8,13,15H,9-12H2,1-2H3,(H,22,25). The number of para-hydroxylation sites is 2. The molecular formula is C21H23N3O5. The number of carbonyl (C=O) groups excluding carboxylic acids is 2. The van der Waals surface area contributed by atoms with E-state index in [4.69, 9.17) is 4.74 Å². The van der Waals surface area contributed by atoms with Crippen molar-refractivity contribution < 1.29 is 19.2 Å². The molecule has 8 heteroatoms. The molecule has 2 aromatic carbocycles. The zero-order valence-corrected chi connectivity index (χ0v) is 16.4. The maximum Gasteiger partial charge on any atom is 0.337 e. The van der Waals surface area contributed by atoms with Gasteiger partial charge in [0.05, 0.1) is 17.6 Å². The number of nitrogens with zero attached hydrogens (tertiary/aromatic N) is 2. The lowest BCUT2D eigenvalue weighted by Gasteiger charge is -2.32. The highest BCUT2D eigenvalue weighted by Gasteiger charge is 2.28. The molecule has 0 bridgehead atoms. The molecule has 1 heterocycles. The summed E-state index contributed by atoms with van der Waals surface area (Å²) in [5.41, 5.74) is 2.53. The Balaban J connectivity index is 1.62. The van der Waals surface area contributed by atoms with Gasteiger partial charge in [-0.1, -0.05) is 12.1 Å². The number of anilines is 2. The lowest BCUT2D eigenvalue weighted by atomic mass is 9.95. The average Bonchev–Trinajstić information content (AvgIpc) is 2.74. The zero-order chi connectivity index (χ0) is 21.0. The largest absolute Gasteiger partial charge is 0.465 e. The van der Waals surface area contributed by atoms with Crippen LogP contribution in [0.4, 0.5) is 17.1 Å². The number of hydrogen-bond donors (Lipinski definition) is 1. The summed E-state index contributed by atoms with van der Waals surface area (Å²) in [5, 5.41) is 14.2. The van der Waals surface area contributed by atoms with E-state index in [1.54, 1.807) is 36.4 Å². The van der Waals surface area contributed by atoms with E-state index in [1.165, 1.54) is 13.2 Å². The summed E-state index contributed by atoms with van der Waals surface area (Å²) in [6, 6.07) is 11.7. The van der Waals surface area contributed by atoms with Crippen LogP contribution in [-0.2, 0) is 9.53 Å². The number of benzene rings is 2. The highest BCUT2D eigenvalue weighted by Crippen LogP contribution is 2.31. The van der Waals surface area contributed by atoms with Gasteiger partial charge in [0.25, 0.3) is 5.69 Å². The summed E-state index contributed by atoms with van der Waals surface area (Å²) >= 11 is 0. The molecule has 0 radical (unpaired) electrons. The molecule has 3 rings (SSSR count). The lowest BCUT2D eigenvalue weighted by Crippen LogP contribution is -2.38. The molecule has 1 amide bonds. The number of nitro groups is 1. The first-order valence-electron chi connectivity index (χ1n) is 9.39. The second-order valence-electron chi connectivity index (χ2n) is 7.02. The minimum absolute atomic E-state index is 0.0803. The third-order valence-corrected chi connectivity index (χ3v) is 5.19. The van der Waals surface area contributed by atoms with Crippen LogP contribution >= 0.6 is 0 Å². The van der Waals surface area contributed by atoms with Crippen LogP contribution in [0.1, 0.15) is 28.8 Å². The normalized spacial score (nSPS) is 14.3. The molecule has 1 N–H and O–H groups in total. The smallest absolute Gasteiger partial charge is 0.337 e. The van der Waals surface area contributed by atoms with Crippen LogP contribution in [0.25, 0.3) is 0 Å². The number of nitrogens with one attached hydrogen (secondary N) is 1. The fourth-order valence-electron chi connectivity index (χ4n) is 3.55. The summed E-state index contributed by atoms with van der Waals surface area (Å²) < 4.78 is 4.70. The predicted molar refractivity (Wildman–Crippen MR) is 109 cm³/mol. The Bertz CT molecular complexity index is 936. The molecule has 1 fully saturated rings. The van der Waals surface area contributed by atoms with Crippen LogP contribution < -0.4 is 10.2 Å². The summed E-state index contributed by atoms with van der Waals surface area (Å²) in [7, 11) is 1.32. The van der Waals surface area contributed by atoms with Crippen molar-refractivity contribution in [1.29, 1.82) is 0 Å². The first kappa shape index (κ1) is 20.3. The van der Waals surface area contributed by atoms with Gasteiger partial charge < -0.3 is 15.0 Å². The number of rotatable bonds is 5. The fourth-order valence-corrected chi connectivity index (χ4v) is 3.55. The Labute approximate surface area is 168 Å². The Kier molecular flexibility index (Phi) is 6.11. The third kappa shape index (κ3) is 4.53. The van der Waals surface area contributed by atoms with E-state index >= 15 is 0 Å². The number of nitro benzene ring substituents is 1. The SMILES string of the molecule is COC(=O)c1ccc(NC(=O)C2CCN(c3ccccc3[N+](=O)[O-])CC2)c(C)c1. The molecule has 0 spiro atoms. The predicted octanol–water partition coefficient (Wildman–Crippen LogP) is 3.54. The molecule has 0 saturated carbocycles. The van der Waals surface area contributed by atoms with Crippen LogP contribution in [0.15, 0.2) is 42.5 Å². The Morgan fingerprint density at radius 1 is 1.17 bits per heavy atom. The van der Waals surface area contributed by atoms with Gasteiger partial charge in [-0.3, -0.25) is 14.9 Å². The molecule has 0 aromatic heterocycles. The van der Waals surface area contributed by atoms with Crippen molar-refractivity contribution in [2.45, 2.75) is 19.8 Å². The summed E-state index contributed by atoms with van der Waals surface area (Å²) in [5.74, 6) is -0.678. The topological polar surface area (TPSA) is 102 Å². The van der Waals surface area contributed by atoms with Crippen molar-refractivity contribution >= 4 is 28.9 Å². The minimum atomic E-state index is -0.423. The van der Waals surface area contributed by atoms with E-state index in [2.05, 4.69) is 5.32 Å². The Morgan fingerprint density at radius 3 is 2.48 bits per heavy atom. The van der Waals surface area contributed by atoms with E-state index < -0.39 is 5.97 Å². The third-order valence-electron chi connectivity index (χ3n) is 5.19. The molecule has 29 heavy (non-hydrogen) atoms. The van der Waals surface area contributed by atoms with Gasteiger partial charge in [-0.05, 0) is 49.6 Å². The van der Waals surface area contributed by atoms with Crippen LogP contribution in [0.3, 0.4) is 0 Å². The van der Waals surface area contributed by atoms with E-state index in [0.29, 0.717) is 42.9 Å². The zero-order valence-electron chi connectivity index (χ0n) is 16.4. The van der Waals surface area contributed by atoms with Crippen molar-refractivity contribution in [3.8, 4) is 0 Å². The highest BCUT2D eigenvalue weighted by atomic mass is 16.6. The van der Waals surface area contributed by atoms with Gasteiger partial charge in [-0.25, -0.2) is 4.79 Å². The monoisotopic (exact) mass is 397 g/mol. The van der Waals surface area contributed by atoms with Crippen LogP contribution in [0, 0.1) is 23.0 Å². The first-order valence-corrected chi connectivity index (χ1v) is 9.39. The summed E-state index contributed by atoms with van der Waals surface area (Å²) in [6.45, 7) is 2.96. The average molecular weight is 397 g/mol. The number of hydrogen-bond acceptors (Lipinski definition) is 6. The van der Waals surface area contributed by atoms with Crippen molar-refractivity contribution in [3.05, 3.63) is 63.7 Å². The van der Waals surface area contributed by atoms with Crippen molar-refractivity contribution in [1.82, 2.24) is 0 Å². The molecular weight excluding hydrogens is 374 g/mol. The number of amides is 1. The molecule has 1 aliphatic rings. The number of carbonyl (C=O) groups is 2. The molecule has 0 atom stereocenters. The molecule has 2 aromatic rings. The lowest BCUT2D eigenvalue weighted by molar-refractivity contribution is -0.384. The number of esters is 1. The van der Waals surface area contributed by atoms with Gasteiger partial charge in [0.15, 0.2) is 0 Å². The van der Waals surface area contributed by atoms with Crippen LogP contribution in [0.5, 0.6) is 0 Å². The summed E-state index contributed by atoms with van der Waals surface area (Å²) in [4.78, 5) is 37.1. The Hall–Kier alpha value is -3.42. The first-order chi connectivity index (χ1) is 13.9. The second kappa shape index (κ2) is 8.72. The minimum Gasteiger partial charge on any atom is -0.465 e. The quantitative estimate of drug-likeness (QED) is 0.470. The van der Waals surface area contributed by atoms with Gasteiger partial charge in [0.1, 0.15) is 5.69 Å². The number of aryl methyl sites for hydroxylation is 1. The van der Waals surface area contributed by atoms with Gasteiger partial charge in [-0.15, -0.1) is 0 Å². The van der Waals surface area contributed by atoms with Crippen molar-refractivity contribution in [2.75, 3.05) is 30.4 Å². The number of methoxy groups -OCH3 is 1. The van der Waals surface area contributed by atoms with Crippen LogP contribution in [-0.4, -0.2) is 37.0 Å². The second-order valence-corrected chi connectivity index (χ2v) is 7.02. The van der Waals surface area contributed by atoms with Crippen molar-refractivity contribution in [3.63, 3.8) is 0 Å². The van der Waals surface area contributed by atoms with Gasteiger partial charge in [0.2, 0.25) is 5.91 Å². The highest BCUT2D eigenvalue weighted by molar-refractivity contribution is 5.95. The van der Waals surface area contributed by atoms with E-state index in [-0.39, 0.29) is 22.4 Å². The fraction of sp³-hybridized carbons (Fsp3) is 0.333. The molecule has 1 saturated heterocycles.